The molecule has 146 valence electrons. The summed E-state index contributed by atoms with van der Waals surface area (Å²) in [6, 6.07) is 10.5. The molecule has 0 bridgehead atoms. The van der Waals surface area contributed by atoms with Crippen LogP contribution in [0.1, 0.15) is 11.1 Å². The number of amides is 2. The van der Waals surface area contributed by atoms with Crippen molar-refractivity contribution in [1.29, 1.82) is 10.5 Å². The summed E-state index contributed by atoms with van der Waals surface area (Å²) >= 11 is 0. The van der Waals surface area contributed by atoms with E-state index in [1.807, 2.05) is 12.1 Å². The number of carbonyl (C=O) groups is 2. The lowest BCUT2D eigenvalue weighted by Gasteiger charge is -2.04. The Morgan fingerprint density at radius 2 is 1.36 bits per heavy atom. The van der Waals surface area contributed by atoms with E-state index < -0.39 is 11.8 Å². The lowest BCUT2D eigenvalue weighted by molar-refractivity contribution is -0.118. The van der Waals surface area contributed by atoms with Gasteiger partial charge in [-0.3, -0.25) is 9.59 Å². The molecule has 0 heterocycles. The summed E-state index contributed by atoms with van der Waals surface area (Å²) in [5.74, 6) is -1.01. The molecule has 0 unspecified atom stereocenters. The first-order chi connectivity index (χ1) is 13.5. The number of nitrogens with one attached hydrogen (secondary N) is 2. The van der Waals surface area contributed by atoms with Gasteiger partial charge in [-0.15, -0.1) is 0 Å². The summed E-state index contributed by atoms with van der Waals surface area (Å²) in [5, 5.41) is 23.6. The molecule has 0 saturated heterocycles. The molecule has 2 amide bonds. The van der Waals surface area contributed by atoms with Crippen molar-refractivity contribution < 1.29 is 19.1 Å². The Kier molecular flexibility index (Phi) is 10.3. The number of rotatable bonds is 10. The Morgan fingerprint density at radius 1 is 0.929 bits per heavy atom. The van der Waals surface area contributed by atoms with Crippen LogP contribution in [0.5, 0.6) is 0 Å². The molecule has 0 spiro atoms. The van der Waals surface area contributed by atoms with Gasteiger partial charge in [0.1, 0.15) is 23.3 Å². The van der Waals surface area contributed by atoms with Crippen molar-refractivity contribution in [2.45, 2.75) is 0 Å². The van der Waals surface area contributed by atoms with E-state index in [4.69, 9.17) is 9.47 Å². The van der Waals surface area contributed by atoms with Gasteiger partial charge >= 0.3 is 0 Å². The third-order valence-corrected chi connectivity index (χ3v) is 3.45. The fraction of sp³-hybridized carbons (Fsp3) is 0.300. The van der Waals surface area contributed by atoms with Gasteiger partial charge in [0.05, 0.1) is 13.2 Å². The van der Waals surface area contributed by atoms with Crippen LogP contribution in [0.2, 0.25) is 0 Å². The quantitative estimate of drug-likeness (QED) is 0.354. The number of carbonyl (C=O) groups excluding carboxylic acids is 2. The van der Waals surface area contributed by atoms with Crippen molar-refractivity contribution in [1.82, 2.24) is 10.6 Å². The molecule has 0 aromatic heterocycles. The van der Waals surface area contributed by atoms with Gasteiger partial charge in [-0.1, -0.05) is 18.2 Å². The number of hydrogen-bond acceptors (Lipinski definition) is 6. The first-order valence-electron chi connectivity index (χ1n) is 8.43. The lowest BCUT2D eigenvalue weighted by atomic mass is 10.1. The van der Waals surface area contributed by atoms with Crippen molar-refractivity contribution in [3.8, 4) is 12.1 Å². The molecule has 1 aromatic rings. The predicted octanol–water partition coefficient (Wildman–Crippen LogP) is 1.03. The normalized spacial score (nSPS) is 11.3. The van der Waals surface area contributed by atoms with Crippen LogP contribution in [0.25, 0.3) is 12.2 Å². The van der Waals surface area contributed by atoms with Crippen molar-refractivity contribution in [3.05, 3.63) is 46.5 Å². The highest BCUT2D eigenvalue weighted by molar-refractivity contribution is 6.02. The molecule has 0 fully saturated rings. The highest BCUT2D eigenvalue weighted by Crippen LogP contribution is 2.13. The second-order valence-electron chi connectivity index (χ2n) is 5.51. The van der Waals surface area contributed by atoms with E-state index in [1.54, 1.807) is 24.3 Å². The van der Waals surface area contributed by atoms with Crippen molar-refractivity contribution in [3.63, 3.8) is 0 Å². The van der Waals surface area contributed by atoms with Crippen LogP contribution in [-0.4, -0.2) is 52.3 Å². The highest BCUT2D eigenvalue weighted by atomic mass is 16.5. The average Bonchev–Trinajstić information content (AvgIpc) is 2.70. The molecule has 2 N–H and O–H groups in total. The van der Waals surface area contributed by atoms with Gasteiger partial charge in [0, 0.05) is 27.3 Å². The smallest absolute Gasteiger partial charge is 0.262 e. The van der Waals surface area contributed by atoms with Crippen LogP contribution in [0, 0.1) is 22.7 Å². The minimum atomic E-state index is -0.504. The number of hydrogen-bond donors (Lipinski definition) is 2. The molecule has 0 aliphatic rings. The molecule has 1 aromatic carbocycles. The first-order valence-corrected chi connectivity index (χ1v) is 8.43. The summed E-state index contributed by atoms with van der Waals surface area (Å²) in [5.41, 5.74) is 1.05. The van der Waals surface area contributed by atoms with Gasteiger partial charge < -0.3 is 20.1 Å². The summed E-state index contributed by atoms with van der Waals surface area (Å²) in [4.78, 5) is 24.0. The minimum absolute atomic E-state index is 0.0601. The fourth-order valence-corrected chi connectivity index (χ4v) is 2.09. The van der Waals surface area contributed by atoms with Crippen LogP contribution >= 0.6 is 0 Å². The van der Waals surface area contributed by atoms with Crippen LogP contribution in [-0.2, 0) is 19.1 Å². The van der Waals surface area contributed by atoms with Crippen LogP contribution in [0.4, 0.5) is 0 Å². The predicted molar refractivity (Wildman–Crippen MR) is 103 cm³/mol. The van der Waals surface area contributed by atoms with E-state index in [2.05, 4.69) is 10.6 Å². The third kappa shape index (κ3) is 7.83. The van der Waals surface area contributed by atoms with E-state index in [0.717, 1.165) is 0 Å². The molecule has 0 radical (unpaired) electrons. The van der Waals surface area contributed by atoms with Gasteiger partial charge in [0.2, 0.25) is 0 Å². The molecular weight excluding hydrogens is 360 g/mol. The van der Waals surface area contributed by atoms with Crippen molar-refractivity contribution >= 4 is 24.0 Å². The molecule has 0 atom stereocenters. The molecule has 0 aliphatic heterocycles. The Hall–Kier alpha value is -3.46. The monoisotopic (exact) mass is 382 g/mol. The maximum Gasteiger partial charge on any atom is 0.262 e. The average molecular weight is 382 g/mol. The molecule has 0 saturated carbocycles. The topological polar surface area (TPSA) is 124 Å². The molecule has 0 aliphatic carbocycles. The second-order valence-corrected chi connectivity index (χ2v) is 5.51. The zero-order chi connectivity index (χ0) is 20.8. The Morgan fingerprint density at radius 3 is 1.71 bits per heavy atom. The van der Waals surface area contributed by atoms with E-state index in [0.29, 0.717) is 37.4 Å². The van der Waals surface area contributed by atoms with E-state index >= 15 is 0 Å². The zero-order valence-electron chi connectivity index (χ0n) is 15.8. The number of ether oxygens (including phenoxy) is 2. The molecule has 1 rings (SSSR count). The standard InChI is InChI=1S/C20H22N4O4/c1-27-8-6-23-19(25)17(13-21)11-15-4-3-5-16(10-15)12-18(14-22)20(26)24-7-9-28-2/h3-5,10-12H,6-9H2,1-2H3,(H,23,25)(H,24,26)/b17-11-,18-12+. The Balaban J connectivity index is 2.98. The number of methoxy groups -OCH3 is 2. The van der Waals surface area contributed by atoms with E-state index in [1.165, 1.54) is 26.4 Å². The van der Waals surface area contributed by atoms with Gasteiger partial charge in [-0.25, -0.2) is 0 Å². The van der Waals surface area contributed by atoms with E-state index in [9.17, 15) is 20.1 Å². The van der Waals surface area contributed by atoms with Crippen LogP contribution < -0.4 is 10.6 Å². The Labute approximate surface area is 164 Å². The second kappa shape index (κ2) is 12.8. The molecule has 8 nitrogen and oxygen atoms in total. The largest absolute Gasteiger partial charge is 0.383 e. The summed E-state index contributed by atoms with van der Waals surface area (Å²) < 4.78 is 9.70. The first kappa shape index (κ1) is 22.6. The number of nitrogens with zero attached hydrogens (tertiary/aromatic N) is 2. The summed E-state index contributed by atoms with van der Waals surface area (Å²) in [7, 11) is 3.03. The third-order valence-electron chi connectivity index (χ3n) is 3.45. The maximum atomic E-state index is 12.0. The maximum absolute atomic E-state index is 12.0. The fourth-order valence-electron chi connectivity index (χ4n) is 2.09. The molecular formula is C20H22N4O4. The van der Waals surface area contributed by atoms with Gasteiger partial charge in [0.15, 0.2) is 0 Å². The number of nitriles is 2. The van der Waals surface area contributed by atoms with Gasteiger partial charge in [0.25, 0.3) is 11.8 Å². The van der Waals surface area contributed by atoms with Crippen molar-refractivity contribution in [2.75, 3.05) is 40.5 Å². The summed E-state index contributed by atoms with van der Waals surface area (Å²) in [6.07, 6.45) is 2.87. The molecule has 8 heteroatoms. The SMILES string of the molecule is COCCNC(=O)/C(C#N)=C\c1cccc(/C=C(\C#N)C(=O)NCCOC)c1. The van der Waals surface area contributed by atoms with Crippen LogP contribution in [0.15, 0.2) is 35.4 Å². The zero-order valence-corrected chi connectivity index (χ0v) is 15.8. The Bertz CT molecular complexity index is 766. The summed E-state index contributed by atoms with van der Waals surface area (Å²) in [6.45, 7) is 1.27. The van der Waals surface area contributed by atoms with Crippen molar-refractivity contribution in [2.24, 2.45) is 0 Å². The molecule has 28 heavy (non-hydrogen) atoms. The highest BCUT2D eigenvalue weighted by Gasteiger charge is 2.10. The van der Waals surface area contributed by atoms with Crippen LogP contribution in [0.3, 0.4) is 0 Å². The van der Waals surface area contributed by atoms with E-state index in [-0.39, 0.29) is 11.1 Å². The van der Waals surface area contributed by atoms with Gasteiger partial charge in [-0.05, 0) is 29.3 Å². The van der Waals surface area contributed by atoms with Gasteiger partial charge in [-0.2, -0.15) is 10.5 Å². The minimum Gasteiger partial charge on any atom is -0.383 e. The number of benzene rings is 1. The lowest BCUT2D eigenvalue weighted by Crippen LogP contribution is -2.27.